The molecule has 1 aromatic heterocycles. The number of rotatable bonds is 7. The Morgan fingerprint density at radius 2 is 2.08 bits per heavy atom. The monoisotopic (exact) mass is 334 g/mol. The van der Waals surface area contributed by atoms with Gasteiger partial charge < -0.3 is 14.8 Å². The quantitative estimate of drug-likeness (QED) is 0.615. The smallest absolute Gasteiger partial charge is 0.193 e. The van der Waals surface area contributed by atoms with E-state index in [4.69, 9.17) is 4.99 Å². The zero-order valence-electron chi connectivity index (χ0n) is 15.8. The van der Waals surface area contributed by atoms with Gasteiger partial charge in [0, 0.05) is 33.1 Å². The van der Waals surface area contributed by atoms with Gasteiger partial charge in [0.2, 0.25) is 0 Å². The van der Waals surface area contributed by atoms with E-state index < -0.39 is 0 Å². The van der Waals surface area contributed by atoms with Crippen LogP contribution in [0.4, 0.5) is 0 Å². The van der Waals surface area contributed by atoms with Crippen LogP contribution in [0.25, 0.3) is 0 Å². The van der Waals surface area contributed by atoms with E-state index in [-0.39, 0.29) is 0 Å². The molecule has 1 aliphatic rings. The van der Waals surface area contributed by atoms with Gasteiger partial charge in [-0.1, -0.05) is 26.7 Å². The lowest BCUT2D eigenvalue weighted by Crippen LogP contribution is -2.42. The summed E-state index contributed by atoms with van der Waals surface area (Å²) in [5.41, 5.74) is 0. The number of nitrogens with one attached hydrogen (secondary N) is 1. The van der Waals surface area contributed by atoms with Crippen LogP contribution in [0.5, 0.6) is 0 Å². The fourth-order valence-electron chi connectivity index (χ4n) is 3.46. The average Bonchev–Trinajstić information content (AvgIpc) is 3.03. The van der Waals surface area contributed by atoms with Crippen molar-refractivity contribution in [3.05, 3.63) is 12.2 Å². The number of nitrogens with zero attached hydrogens (tertiary/aromatic N) is 5. The first kappa shape index (κ1) is 18.7. The fraction of sp³-hybridized carbons (Fsp3) is 0.833. The van der Waals surface area contributed by atoms with E-state index in [1.54, 1.807) is 6.33 Å². The lowest BCUT2D eigenvalue weighted by molar-refractivity contribution is 0.250. The van der Waals surface area contributed by atoms with Gasteiger partial charge in [0.1, 0.15) is 12.2 Å². The molecule has 0 amide bonds. The van der Waals surface area contributed by atoms with Crippen molar-refractivity contribution in [1.82, 2.24) is 25.0 Å². The second-order valence-electron chi connectivity index (χ2n) is 7.04. The molecule has 136 valence electrons. The van der Waals surface area contributed by atoms with Crippen molar-refractivity contribution in [2.24, 2.45) is 16.8 Å². The Labute approximate surface area is 146 Å². The van der Waals surface area contributed by atoms with Gasteiger partial charge in [-0.2, -0.15) is 0 Å². The molecule has 1 heterocycles. The average molecular weight is 335 g/mol. The van der Waals surface area contributed by atoms with Crippen LogP contribution in [0.15, 0.2) is 11.3 Å². The third kappa shape index (κ3) is 5.49. The summed E-state index contributed by atoms with van der Waals surface area (Å²) in [4.78, 5) is 7.10. The van der Waals surface area contributed by atoms with Crippen molar-refractivity contribution in [3.63, 3.8) is 0 Å². The van der Waals surface area contributed by atoms with Gasteiger partial charge in [-0.05, 0) is 31.6 Å². The van der Waals surface area contributed by atoms with E-state index in [0.717, 1.165) is 56.2 Å². The second kappa shape index (κ2) is 9.64. The van der Waals surface area contributed by atoms with Crippen LogP contribution in [0.1, 0.15) is 52.3 Å². The molecular formula is C18H34N6. The highest BCUT2D eigenvalue weighted by Crippen LogP contribution is 2.28. The summed E-state index contributed by atoms with van der Waals surface area (Å²) in [6.45, 7) is 10.2. The Bertz CT molecular complexity index is 501. The summed E-state index contributed by atoms with van der Waals surface area (Å²) in [6, 6.07) is 0. The van der Waals surface area contributed by atoms with Crippen molar-refractivity contribution < 1.29 is 0 Å². The molecule has 0 aliphatic heterocycles. The molecule has 0 radical (unpaired) electrons. The summed E-state index contributed by atoms with van der Waals surface area (Å²) < 4.78 is 2.09. The van der Waals surface area contributed by atoms with Crippen LogP contribution in [-0.4, -0.2) is 52.3 Å². The second-order valence-corrected chi connectivity index (χ2v) is 7.04. The minimum Gasteiger partial charge on any atom is -0.357 e. The van der Waals surface area contributed by atoms with E-state index in [2.05, 4.69) is 52.8 Å². The van der Waals surface area contributed by atoms with Gasteiger partial charge >= 0.3 is 0 Å². The van der Waals surface area contributed by atoms with E-state index in [1.165, 1.54) is 25.7 Å². The number of aryl methyl sites for hydroxylation is 1. The van der Waals surface area contributed by atoms with E-state index in [1.807, 2.05) is 0 Å². The lowest BCUT2D eigenvalue weighted by Gasteiger charge is -2.31. The van der Waals surface area contributed by atoms with Gasteiger partial charge in [-0.25, -0.2) is 0 Å². The van der Waals surface area contributed by atoms with Crippen molar-refractivity contribution >= 4 is 5.96 Å². The zero-order chi connectivity index (χ0) is 17.4. The molecule has 0 saturated heterocycles. The van der Waals surface area contributed by atoms with Crippen molar-refractivity contribution in [2.45, 2.75) is 59.4 Å². The van der Waals surface area contributed by atoms with Crippen LogP contribution >= 0.6 is 0 Å². The maximum Gasteiger partial charge on any atom is 0.193 e. The molecule has 0 aromatic carbocycles. The third-order valence-electron chi connectivity index (χ3n) is 4.98. The molecule has 1 N–H and O–H groups in total. The molecule has 0 atom stereocenters. The van der Waals surface area contributed by atoms with E-state index in [9.17, 15) is 0 Å². The minimum atomic E-state index is 0.749. The van der Waals surface area contributed by atoms with Crippen molar-refractivity contribution in [1.29, 1.82) is 0 Å². The molecule has 24 heavy (non-hydrogen) atoms. The number of hydrogen-bond donors (Lipinski definition) is 1. The molecule has 0 bridgehead atoms. The van der Waals surface area contributed by atoms with Gasteiger partial charge in [0.05, 0.1) is 6.54 Å². The maximum absolute atomic E-state index is 4.80. The molecule has 2 rings (SSSR count). The van der Waals surface area contributed by atoms with Crippen LogP contribution in [-0.2, 0) is 13.0 Å². The zero-order valence-corrected chi connectivity index (χ0v) is 15.8. The first-order valence-corrected chi connectivity index (χ1v) is 9.50. The normalized spacial score (nSPS) is 21.8. The highest BCUT2D eigenvalue weighted by atomic mass is 15.3. The van der Waals surface area contributed by atoms with Gasteiger partial charge in [0.15, 0.2) is 5.96 Å². The number of aliphatic imine (C=N–C) groups is 1. The summed E-state index contributed by atoms with van der Waals surface area (Å²) >= 11 is 0. The van der Waals surface area contributed by atoms with E-state index >= 15 is 0 Å². The summed E-state index contributed by atoms with van der Waals surface area (Å²) in [5.74, 6) is 3.76. The standard InChI is InChI=1S/C18H34N6/c1-5-17-22-21-14-24(17)12-11-20-18(19-6-2)23(4)13-16-9-7-15(3)8-10-16/h14-16H,5-13H2,1-4H3,(H,19,20). The Hall–Kier alpha value is -1.59. The Morgan fingerprint density at radius 3 is 2.75 bits per heavy atom. The van der Waals surface area contributed by atoms with Gasteiger partial charge in [-0.3, -0.25) is 4.99 Å². The molecule has 0 unspecified atom stereocenters. The lowest BCUT2D eigenvalue weighted by atomic mass is 9.83. The Balaban J connectivity index is 1.87. The summed E-state index contributed by atoms with van der Waals surface area (Å²) in [6.07, 6.45) is 8.16. The third-order valence-corrected chi connectivity index (χ3v) is 4.98. The topological polar surface area (TPSA) is 58.3 Å². The molecule has 1 aromatic rings. The van der Waals surface area contributed by atoms with Gasteiger partial charge in [-0.15, -0.1) is 10.2 Å². The van der Waals surface area contributed by atoms with Crippen LogP contribution < -0.4 is 5.32 Å². The van der Waals surface area contributed by atoms with Crippen LogP contribution in [0.3, 0.4) is 0 Å². The summed E-state index contributed by atoms with van der Waals surface area (Å²) in [5, 5.41) is 11.5. The van der Waals surface area contributed by atoms with Crippen molar-refractivity contribution in [3.8, 4) is 0 Å². The number of guanidine groups is 1. The first-order valence-electron chi connectivity index (χ1n) is 9.50. The molecule has 1 fully saturated rings. The SMILES string of the molecule is CCNC(=NCCn1cnnc1CC)N(C)CC1CCC(C)CC1. The largest absolute Gasteiger partial charge is 0.357 e. The molecule has 0 spiro atoms. The maximum atomic E-state index is 4.80. The summed E-state index contributed by atoms with van der Waals surface area (Å²) in [7, 11) is 2.16. The fourth-order valence-corrected chi connectivity index (χ4v) is 3.46. The molecule has 1 aliphatic carbocycles. The molecule has 6 nitrogen and oxygen atoms in total. The van der Waals surface area contributed by atoms with Crippen LogP contribution in [0, 0.1) is 11.8 Å². The molecular weight excluding hydrogens is 300 g/mol. The van der Waals surface area contributed by atoms with Crippen LogP contribution in [0.2, 0.25) is 0 Å². The number of hydrogen-bond acceptors (Lipinski definition) is 3. The van der Waals surface area contributed by atoms with E-state index in [0.29, 0.717) is 0 Å². The van der Waals surface area contributed by atoms with Gasteiger partial charge in [0.25, 0.3) is 0 Å². The molecule has 1 saturated carbocycles. The highest BCUT2D eigenvalue weighted by molar-refractivity contribution is 5.79. The minimum absolute atomic E-state index is 0.749. The highest BCUT2D eigenvalue weighted by Gasteiger charge is 2.20. The molecule has 6 heteroatoms. The van der Waals surface area contributed by atoms with Crippen molar-refractivity contribution in [2.75, 3.05) is 26.7 Å². The predicted molar refractivity (Wildman–Crippen MR) is 99.1 cm³/mol. The predicted octanol–water partition coefficient (Wildman–Crippen LogP) is 2.56. The Morgan fingerprint density at radius 1 is 1.33 bits per heavy atom. The number of aromatic nitrogens is 3. The Kier molecular flexibility index (Phi) is 7.53. The first-order chi connectivity index (χ1) is 11.6.